The van der Waals surface area contributed by atoms with E-state index >= 15 is 0 Å². The van der Waals surface area contributed by atoms with Crippen LogP contribution in [-0.2, 0) is 9.53 Å². The molecule has 0 bridgehead atoms. The van der Waals surface area contributed by atoms with Crippen molar-refractivity contribution in [2.24, 2.45) is 11.3 Å². The Morgan fingerprint density at radius 1 is 1.45 bits per heavy atom. The highest BCUT2D eigenvalue weighted by Gasteiger charge is 2.22. The highest BCUT2D eigenvalue weighted by Crippen LogP contribution is 2.27. The summed E-state index contributed by atoms with van der Waals surface area (Å²) in [5.41, 5.74) is 0.189. The first kappa shape index (κ1) is 10.5. The van der Waals surface area contributed by atoms with Crippen molar-refractivity contribution in [2.45, 2.75) is 34.1 Å². The summed E-state index contributed by atoms with van der Waals surface area (Å²) in [4.78, 5) is 10.8. The van der Waals surface area contributed by atoms with E-state index in [4.69, 9.17) is 0 Å². The molecule has 0 unspecified atom stereocenters. The van der Waals surface area contributed by atoms with Gasteiger partial charge in [0, 0.05) is 6.42 Å². The van der Waals surface area contributed by atoms with Gasteiger partial charge in [-0.3, -0.25) is 4.79 Å². The van der Waals surface area contributed by atoms with Crippen LogP contribution in [0.15, 0.2) is 0 Å². The van der Waals surface area contributed by atoms with E-state index in [1.165, 1.54) is 7.11 Å². The fraction of sp³-hybridized carbons (Fsp3) is 0.889. The van der Waals surface area contributed by atoms with Crippen molar-refractivity contribution in [3.05, 3.63) is 0 Å². The number of carbonyl (C=O) groups is 1. The highest BCUT2D eigenvalue weighted by atomic mass is 16.5. The number of hydrogen-bond acceptors (Lipinski definition) is 2. The summed E-state index contributed by atoms with van der Waals surface area (Å²) in [5, 5.41) is 0. The molecule has 0 aliphatic heterocycles. The number of rotatable bonds is 2. The minimum Gasteiger partial charge on any atom is -0.469 e. The first-order valence-corrected chi connectivity index (χ1v) is 3.94. The number of ether oxygens (including phenoxy) is 1. The molecule has 0 fully saturated rings. The van der Waals surface area contributed by atoms with E-state index in [1.807, 2.05) is 0 Å². The Hall–Kier alpha value is -0.530. The first-order chi connectivity index (χ1) is 4.88. The van der Waals surface area contributed by atoms with Crippen molar-refractivity contribution in [1.82, 2.24) is 0 Å². The third-order valence-corrected chi connectivity index (χ3v) is 2.18. The molecule has 0 N–H and O–H groups in total. The van der Waals surface area contributed by atoms with Crippen LogP contribution in [0.3, 0.4) is 0 Å². The highest BCUT2D eigenvalue weighted by molar-refractivity contribution is 5.69. The third-order valence-electron chi connectivity index (χ3n) is 2.18. The van der Waals surface area contributed by atoms with Gasteiger partial charge in [-0.1, -0.05) is 27.7 Å². The Kier molecular flexibility index (Phi) is 3.56. The lowest BCUT2D eigenvalue weighted by molar-refractivity contribution is -0.142. The average Bonchev–Trinajstić information content (AvgIpc) is 1.85. The Balaban J connectivity index is 3.87. The molecule has 2 nitrogen and oxygen atoms in total. The number of esters is 1. The predicted molar refractivity (Wildman–Crippen MR) is 45.3 cm³/mol. The quantitative estimate of drug-likeness (QED) is 0.576. The second kappa shape index (κ2) is 3.74. The molecule has 2 heteroatoms. The third kappa shape index (κ3) is 4.02. The second-order valence-corrected chi connectivity index (χ2v) is 4.05. The van der Waals surface area contributed by atoms with Crippen molar-refractivity contribution in [1.29, 1.82) is 0 Å². The molecule has 66 valence electrons. The molecule has 0 saturated heterocycles. The predicted octanol–water partition coefficient (Wildman–Crippen LogP) is 2.23. The van der Waals surface area contributed by atoms with Gasteiger partial charge in [0.05, 0.1) is 7.11 Å². The molecule has 0 aliphatic rings. The molecule has 1 atom stereocenters. The standard InChI is InChI=1S/C9H18O2/c1-7(9(2,3)4)6-8(10)11-5/h7H,6H2,1-5H3/t7-/m1/s1. The van der Waals surface area contributed by atoms with Crippen molar-refractivity contribution in [3.63, 3.8) is 0 Å². The van der Waals surface area contributed by atoms with Gasteiger partial charge < -0.3 is 4.74 Å². The fourth-order valence-electron chi connectivity index (χ4n) is 0.640. The monoisotopic (exact) mass is 158 g/mol. The fourth-order valence-corrected chi connectivity index (χ4v) is 0.640. The summed E-state index contributed by atoms with van der Waals surface area (Å²) in [5.74, 6) is 0.252. The average molecular weight is 158 g/mol. The van der Waals surface area contributed by atoms with Crippen molar-refractivity contribution in [3.8, 4) is 0 Å². The molecule has 0 rings (SSSR count). The van der Waals surface area contributed by atoms with Gasteiger partial charge >= 0.3 is 5.97 Å². The van der Waals surface area contributed by atoms with Gasteiger partial charge in [0.25, 0.3) is 0 Å². The zero-order chi connectivity index (χ0) is 9.07. The van der Waals surface area contributed by atoms with Crippen LogP contribution in [0.25, 0.3) is 0 Å². The molecule has 0 amide bonds. The van der Waals surface area contributed by atoms with Crippen LogP contribution < -0.4 is 0 Å². The smallest absolute Gasteiger partial charge is 0.305 e. The lowest BCUT2D eigenvalue weighted by atomic mass is 9.80. The lowest BCUT2D eigenvalue weighted by Crippen LogP contribution is -2.20. The van der Waals surface area contributed by atoms with E-state index in [0.717, 1.165) is 0 Å². The van der Waals surface area contributed by atoms with Gasteiger partial charge in [-0.25, -0.2) is 0 Å². The lowest BCUT2D eigenvalue weighted by Gasteiger charge is -2.25. The molecule has 0 saturated carbocycles. The number of methoxy groups -OCH3 is 1. The minimum absolute atomic E-state index is 0.118. The second-order valence-electron chi connectivity index (χ2n) is 4.05. The van der Waals surface area contributed by atoms with Crippen LogP contribution in [0.5, 0.6) is 0 Å². The van der Waals surface area contributed by atoms with E-state index < -0.39 is 0 Å². The van der Waals surface area contributed by atoms with E-state index in [0.29, 0.717) is 12.3 Å². The molecule has 0 spiro atoms. The molecule has 0 aromatic rings. The molecule has 0 aromatic heterocycles. The summed E-state index contributed by atoms with van der Waals surface area (Å²) < 4.78 is 4.58. The normalized spacial score (nSPS) is 14.3. The summed E-state index contributed by atoms with van der Waals surface area (Å²) in [6.45, 7) is 8.44. The van der Waals surface area contributed by atoms with Crippen LogP contribution in [-0.4, -0.2) is 13.1 Å². The van der Waals surface area contributed by atoms with Gasteiger partial charge in [-0.2, -0.15) is 0 Å². The number of hydrogen-bond donors (Lipinski definition) is 0. The Morgan fingerprint density at radius 3 is 2.18 bits per heavy atom. The molecule has 0 heterocycles. The zero-order valence-corrected chi connectivity index (χ0v) is 8.10. The molecular weight excluding hydrogens is 140 g/mol. The van der Waals surface area contributed by atoms with Gasteiger partial charge in [0.15, 0.2) is 0 Å². The van der Waals surface area contributed by atoms with Crippen LogP contribution in [0.2, 0.25) is 0 Å². The molecule has 0 aliphatic carbocycles. The Morgan fingerprint density at radius 2 is 1.91 bits per heavy atom. The van der Waals surface area contributed by atoms with E-state index in [1.54, 1.807) is 0 Å². The molecule has 0 aromatic carbocycles. The maximum Gasteiger partial charge on any atom is 0.305 e. The maximum atomic E-state index is 10.8. The summed E-state index contributed by atoms with van der Waals surface area (Å²) in [6, 6.07) is 0. The van der Waals surface area contributed by atoms with E-state index in [9.17, 15) is 4.79 Å². The Labute approximate surface area is 68.9 Å². The molecule has 0 radical (unpaired) electrons. The Bertz CT molecular complexity index is 133. The largest absolute Gasteiger partial charge is 0.469 e. The minimum atomic E-state index is -0.118. The molecular formula is C9H18O2. The molecule has 11 heavy (non-hydrogen) atoms. The van der Waals surface area contributed by atoms with Crippen molar-refractivity contribution >= 4 is 5.97 Å². The first-order valence-electron chi connectivity index (χ1n) is 3.94. The van der Waals surface area contributed by atoms with Gasteiger partial charge in [0.1, 0.15) is 0 Å². The van der Waals surface area contributed by atoms with Crippen LogP contribution in [0.4, 0.5) is 0 Å². The zero-order valence-electron chi connectivity index (χ0n) is 8.10. The van der Waals surface area contributed by atoms with Crippen molar-refractivity contribution < 1.29 is 9.53 Å². The van der Waals surface area contributed by atoms with E-state index in [2.05, 4.69) is 32.4 Å². The van der Waals surface area contributed by atoms with Gasteiger partial charge in [-0.15, -0.1) is 0 Å². The van der Waals surface area contributed by atoms with Crippen molar-refractivity contribution in [2.75, 3.05) is 7.11 Å². The van der Waals surface area contributed by atoms with E-state index in [-0.39, 0.29) is 11.4 Å². The van der Waals surface area contributed by atoms with Gasteiger partial charge in [0.2, 0.25) is 0 Å². The maximum absolute atomic E-state index is 10.8. The van der Waals surface area contributed by atoms with Crippen LogP contribution >= 0.6 is 0 Å². The van der Waals surface area contributed by atoms with Crippen LogP contribution in [0, 0.1) is 11.3 Å². The summed E-state index contributed by atoms with van der Waals surface area (Å²) in [7, 11) is 1.43. The summed E-state index contributed by atoms with van der Waals surface area (Å²) in [6.07, 6.45) is 0.514. The topological polar surface area (TPSA) is 26.3 Å². The SMILES string of the molecule is COC(=O)C[C@@H](C)C(C)(C)C. The van der Waals surface area contributed by atoms with Crippen LogP contribution in [0.1, 0.15) is 34.1 Å². The summed E-state index contributed by atoms with van der Waals surface area (Å²) >= 11 is 0. The number of carbonyl (C=O) groups excluding carboxylic acids is 1. The van der Waals surface area contributed by atoms with Gasteiger partial charge in [-0.05, 0) is 11.3 Å².